The smallest absolute Gasteiger partial charge is 0.266 e. The second-order valence-electron chi connectivity index (χ2n) is 3.52. The lowest BCUT2D eigenvalue weighted by molar-refractivity contribution is 0.562. The minimum Gasteiger partial charge on any atom is -0.382 e. The fourth-order valence-electron chi connectivity index (χ4n) is 1.47. The number of nitrogens with zero attached hydrogens (tertiary/aromatic N) is 4. The first-order valence-corrected chi connectivity index (χ1v) is 4.96. The van der Waals surface area contributed by atoms with Gasteiger partial charge in [0.05, 0.1) is 6.54 Å². The molecule has 0 spiro atoms. The van der Waals surface area contributed by atoms with Crippen molar-refractivity contribution in [3.05, 3.63) is 40.7 Å². The summed E-state index contributed by atoms with van der Waals surface area (Å²) in [5.74, 6) is 1.26. The van der Waals surface area contributed by atoms with Crippen LogP contribution in [0.2, 0.25) is 0 Å². The summed E-state index contributed by atoms with van der Waals surface area (Å²) in [5, 5.41) is 3.95. The summed E-state index contributed by atoms with van der Waals surface area (Å²) in [4.78, 5) is 15.6. The molecule has 0 bridgehead atoms. The Balaban J connectivity index is 2.13. The van der Waals surface area contributed by atoms with Gasteiger partial charge in [0, 0.05) is 31.9 Å². The van der Waals surface area contributed by atoms with Gasteiger partial charge in [0.1, 0.15) is 11.6 Å². The van der Waals surface area contributed by atoms with Crippen LogP contribution in [-0.2, 0) is 20.0 Å². The van der Waals surface area contributed by atoms with Gasteiger partial charge < -0.3 is 10.3 Å². The van der Waals surface area contributed by atoms with E-state index < -0.39 is 0 Å². The normalized spacial score (nSPS) is 10.6. The molecule has 0 aliphatic carbocycles. The Morgan fingerprint density at radius 2 is 2.25 bits per heavy atom. The third-order valence-electron chi connectivity index (χ3n) is 2.36. The Morgan fingerprint density at radius 1 is 1.44 bits per heavy atom. The van der Waals surface area contributed by atoms with Gasteiger partial charge in [-0.25, -0.2) is 9.67 Å². The van der Waals surface area contributed by atoms with Crippen molar-refractivity contribution in [3.8, 4) is 0 Å². The van der Waals surface area contributed by atoms with Gasteiger partial charge in [0.25, 0.3) is 5.56 Å². The van der Waals surface area contributed by atoms with Crippen LogP contribution in [0, 0.1) is 0 Å². The van der Waals surface area contributed by atoms with Crippen molar-refractivity contribution in [1.82, 2.24) is 19.3 Å². The third kappa shape index (κ3) is 2.10. The van der Waals surface area contributed by atoms with E-state index in [2.05, 4.69) is 10.1 Å². The number of hydrogen-bond donors (Lipinski definition) is 1. The Bertz CT molecular complexity index is 542. The second kappa shape index (κ2) is 4.18. The van der Waals surface area contributed by atoms with Crippen LogP contribution in [0.4, 0.5) is 5.82 Å². The number of rotatable bonds is 3. The van der Waals surface area contributed by atoms with E-state index in [0.717, 1.165) is 5.82 Å². The van der Waals surface area contributed by atoms with E-state index in [1.807, 2.05) is 17.8 Å². The number of aromatic nitrogens is 4. The topological polar surface area (TPSA) is 78.7 Å². The summed E-state index contributed by atoms with van der Waals surface area (Å²) in [6.07, 6.45) is 4.25. The molecule has 2 N–H and O–H groups in total. The summed E-state index contributed by atoms with van der Waals surface area (Å²) in [7, 11) is 1.91. The number of nitrogens with two attached hydrogens (primary N) is 1. The van der Waals surface area contributed by atoms with Crippen LogP contribution >= 0.6 is 0 Å². The Hall–Kier alpha value is -2.11. The van der Waals surface area contributed by atoms with Gasteiger partial charge in [0.15, 0.2) is 0 Å². The van der Waals surface area contributed by atoms with E-state index in [1.54, 1.807) is 6.20 Å². The third-order valence-corrected chi connectivity index (χ3v) is 2.36. The van der Waals surface area contributed by atoms with Crippen molar-refractivity contribution in [1.29, 1.82) is 0 Å². The predicted molar refractivity (Wildman–Crippen MR) is 59.8 cm³/mol. The molecular weight excluding hydrogens is 206 g/mol. The van der Waals surface area contributed by atoms with Gasteiger partial charge >= 0.3 is 0 Å². The van der Waals surface area contributed by atoms with Gasteiger partial charge in [-0.1, -0.05) is 0 Å². The van der Waals surface area contributed by atoms with Crippen molar-refractivity contribution in [2.75, 3.05) is 5.73 Å². The SMILES string of the molecule is Cn1ccnc1CCn1nc(N)ccc1=O. The van der Waals surface area contributed by atoms with Gasteiger partial charge in [-0.3, -0.25) is 4.79 Å². The summed E-state index contributed by atoms with van der Waals surface area (Å²) >= 11 is 0. The maximum atomic E-state index is 11.4. The highest BCUT2D eigenvalue weighted by Crippen LogP contribution is 1.97. The molecule has 0 aliphatic rings. The lowest BCUT2D eigenvalue weighted by atomic mass is 10.4. The van der Waals surface area contributed by atoms with Crippen LogP contribution in [0.5, 0.6) is 0 Å². The van der Waals surface area contributed by atoms with Crippen LogP contribution < -0.4 is 11.3 Å². The largest absolute Gasteiger partial charge is 0.382 e. The van der Waals surface area contributed by atoms with Crippen molar-refractivity contribution in [2.24, 2.45) is 7.05 Å². The Labute approximate surface area is 92.3 Å². The van der Waals surface area contributed by atoms with Gasteiger partial charge in [0.2, 0.25) is 0 Å². The molecule has 2 rings (SSSR count). The lowest BCUT2D eigenvalue weighted by Gasteiger charge is -2.04. The number of nitrogen functional groups attached to an aromatic ring is 1. The van der Waals surface area contributed by atoms with Crippen molar-refractivity contribution in [2.45, 2.75) is 13.0 Å². The number of anilines is 1. The molecule has 0 aromatic carbocycles. The summed E-state index contributed by atoms with van der Waals surface area (Å²) < 4.78 is 3.27. The molecule has 6 heteroatoms. The van der Waals surface area contributed by atoms with E-state index in [9.17, 15) is 4.79 Å². The number of hydrogen-bond acceptors (Lipinski definition) is 4. The van der Waals surface area contributed by atoms with Crippen LogP contribution in [0.25, 0.3) is 0 Å². The zero-order valence-electron chi connectivity index (χ0n) is 9.00. The molecular formula is C10H13N5O. The molecule has 0 atom stereocenters. The Kier molecular flexibility index (Phi) is 2.72. The highest BCUT2D eigenvalue weighted by atomic mass is 16.1. The molecule has 6 nitrogen and oxygen atoms in total. The first-order valence-electron chi connectivity index (χ1n) is 4.96. The maximum absolute atomic E-state index is 11.4. The van der Waals surface area contributed by atoms with Crippen LogP contribution in [0.3, 0.4) is 0 Å². The summed E-state index contributed by atoms with van der Waals surface area (Å²) in [6, 6.07) is 2.92. The van der Waals surface area contributed by atoms with E-state index in [0.29, 0.717) is 18.8 Å². The van der Waals surface area contributed by atoms with Gasteiger partial charge in [-0.05, 0) is 6.07 Å². The molecule has 0 radical (unpaired) electrons. The average molecular weight is 219 g/mol. The van der Waals surface area contributed by atoms with E-state index in [4.69, 9.17) is 5.73 Å². The number of imidazole rings is 1. The van der Waals surface area contributed by atoms with E-state index in [-0.39, 0.29) is 5.56 Å². The standard InChI is InChI=1S/C10H13N5O/c1-14-7-5-12-9(14)4-6-15-10(16)3-2-8(11)13-15/h2-3,5,7H,4,6H2,1H3,(H2,11,13). The van der Waals surface area contributed by atoms with Crippen molar-refractivity contribution in [3.63, 3.8) is 0 Å². The molecule has 2 heterocycles. The Morgan fingerprint density at radius 3 is 2.94 bits per heavy atom. The first kappa shape index (κ1) is 10.4. The van der Waals surface area contributed by atoms with Crippen LogP contribution in [0.1, 0.15) is 5.82 Å². The molecule has 0 fully saturated rings. The number of aryl methyl sites for hydroxylation is 3. The second-order valence-corrected chi connectivity index (χ2v) is 3.52. The molecule has 84 valence electrons. The maximum Gasteiger partial charge on any atom is 0.266 e. The molecule has 16 heavy (non-hydrogen) atoms. The summed E-state index contributed by atoms with van der Waals surface area (Å²) in [5.41, 5.74) is 5.37. The molecule has 0 unspecified atom stereocenters. The highest BCUT2D eigenvalue weighted by molar-refractivity contribution is 5.23. The van der Waals surface area contributed by atoms with Crippen LogP contribution in [0.15, 0.2) is 29.3 Å². The fraction of sp³-hybridized carbons (Fsp3) is 0.300. The van der Waals surface area contributed by atoms with E-state index in [1.165, 1.54) is 16.8 Å². The predicted octanol–water partition coefficient (Wildman–Crippen LogP) is -0.198. The first-order chi connectivity index (χ1) is 7.66. The van der Waals surface area contributed by atoms with Gasteiger partial charge in [-0.2, -0.15) is 5.10 Å². The molecule has 0 saturated heterocycles. The quantitative estimate of drug-likeness (QED) is 0.775. The molecule has 2 aromatic rings. The van der Waals surface area contributed by atoms with Crippen molar-refractivity contribution < 1.29 is 0 Å². The van der Waals surface area contributed by atoms with Crippen LogP contribution in [-0.4, -0.2) is 19.3 Å². The fourth-order valence-corrected chi connectivity index (χ4v) is 1.47. The molecule has 2 aromatic heterocycles. The zero-order chi connectivity index (χ0) is 11.5. The zero-order valence-corrected chi connectivity index (χ0v) is 9.00. The van der Waals surface area contributed by atoms with Crippen molar-refractivity contribution >= 4 is 5.82 Å². The summed E-state index contributed by atoms with van der Waals surface area (Å²) in [6.45, 7) is 0.481. The monoisotopic (exact) mass is 219 g/mol. The molecule has 0 amide bonds. The van der Waals surface area contributed by atoms with E-state index >= 15 is 0 Å². The van der Waals surface area contributed by atoms with Gasteiger partial charge in [-0.15, -0.1) is 0 Å². The highest BCUT2D eigenvalue weighted by Gasteiger charge is 2.02. The average Bonchev–Trinajstić information content (AvgIpc) is 2.66. The lowest BCUT2D eigenvalue weighted by Crippen LogP contribution is -2.24. The molecule has 0 saturated carbocycles. The minimum atomic E-state index is -0.150. The minimum absolute atomic E-state index is 0.150. The molecule has 0 aliphatic heterocycles.